The molecule has 0 unspecified atom stereocenters. The van der Waals surface area contributed by atoms with Gasteiger partial charge in [0.1, 0.15) is 0 Å². The van der Waals surface area contributed by atoms with Crippen LogP contribution >= 0.6 is 0 Å². The Balaban J connectivity index is 2.37. The fraction of sp³-hybridized carbons (Fsp3) is 0.467. The highest BCUT2D eigenvalue weighted by Gasteiger charge is 2.69. The molecule has 1 saturated heterocycles. The van der Waals surface area contributed by atoms with E-state index in [1.165, 1.54) is 45.3 Å². The molecular weight excluding hydrogens is 341 g/mol. The first-order valence-electron chi connectivity index (χ1n) is 7.31. The van der Waals surface area contributed by atoms with Crippen LogP contribution in [0.25, 0.3) is 0 Å². The van der Waals surface area contributed by atoms with Crippen molar-refractivity contribution in [3.05, 3.63) is 30.1 Å². The molecule has 4 amide bonds. The van der Waals surface area contributed by atoms with E-state index in [1.807, 2.05) is 0 Å². The number of urea groups is 1. The molecule has 0 saturated carbocycles. The van der Waals surface area contributed by atoms with E-state index >= 15 is 0 Å². The smallest absolute Gasteiger partial charge is 0.317 e. The lowest BCUT2D eigenvalue weighted by atomic mass is 9.94. The Morgan fingerprint density at radius 2 is 1.96 bits per heavy atom. The molecule has 2 N–H and O–H groups in total. The second-order valence-corrected chi connectivity index (χ2v) is 6.63. The summed E-state index contributed by atoms with van der Waals surface area (Å²) in [5.41, 5.74) is -4.32. The number of nitrogens with zero attached hydrogens (tertiary/aromatic N) is 2. The van der Waals surface area contributed by atoms with Crippen LogP contribution < -0.4 is 10.6 Å². The molecule has 25 heavy (non-hydrogen) atoms. The van der Waals surface area contributed by atoms with E-state index in [0.29, 0.717) is 10.5 Å². The first-order chi connectivity index (χ1) is 11.4. The largest absolute Gasteiger partial charge is 0.440 e. The first-order valence-corrected chi connectivity index (χ1v) is 7.31. The molecular formula is C15H17F3N4O3. The Morgan fingerprint density at radius 3 is 2.44 bits per heavy atom. The van der Waals surface area contributed by atoms with Crippen molar-refractivity contribution in [3.63, 3.8) is 0 Å². The standard InChI is InChI=1S/C15H17F3N4O3/c1-13(2,3)10(23)20-14(15(16,17)18)11(24)22(12(25)21-14)8-9-5-4-6-19-7-9/h4-7H,8H2,1-3H3,(H,20,23)(H,21,25)/t14-/m1/s1. The Hall–Kier alpha value is -2.65. The lowest BCUT2D eigenvalue weighted by Gasteiger charge is -2.32. The Kier molecular flexibility index (Phi) is 4.49. The van der Waals surface area contributed by atoms with E-state index in [0.717, 1.165) is 0 Å². The molecule has 1 aromatic rings. The Morgan fingerprint density at radius 1 is 1.32 bits per heavy atom. The maximum absolute atomic E-state index is 13.6. The van der Waals surface area contributed by atoms with Crippen LogP contribution in [0.2, 0.25) is 0 Å². The van der Waals surface area contributed by atoms with E-state index in [4.69, 9.17) is 0 Å². The maximum atomic E-state index is 13.6. The fourth-order valence-corrected chi connectivity index (χ4v) is 2.10. The molecule has 1 atom stereocenters. The number of rotatable bonds is 3. The topological polar surface area (TPSA) is 91.4 Å². The second kappa shape index (κ2) is 6.01. The van der Waals surface area contributed by atoms with E-state index in [-0.39, 0.29) is 0 Å². The van der Waals surface area contributed by atoms with Gasteiger partial charge in [-0.2, -0.15) is 13.2 Å². The molecule has 1 aromatic heterocycles. The molecule has 0 radical (unpaired) electrons. The van der Waals surface area contributed by atoms with Gasteiger partial charge < -0.3 is 5.32 Å². The summed E-state index contributed by atoms with van der Waals surface area (Å²) in [5.74, 6) is -2.62. The number of carbonyl (C=O) groups is 3. The number of hydrogen-bond acceptors (Lipinski definition) is 4. The lowest BCUT2D eigenvalue weighted by molar-refractivity contribution is -0.205. The van der Waals surface area contributed by atoms with Crippen LogP contribution in [0.3, 0.4) is 0 Å². The number of pyridine rings is 1. The molecule has 10 heteroatoms. The van der Waals surface area contributed by atoms with Gasteiger partial charge >= 0.3 is 12.2 Å². The van der Waals surface area contributed by atoms with Gasteiger partial charge in [0, 0.05) is 17.8 Å². The van der Waals surface area contributed by atoms with Gasteiger partial charge in [-0.05, 0) is 11.6 Å². The highest BCUT2D eigenvalue weighted by Crippen LogP contribution is 2.35. The minimum atomic E-state index is -5.22. The number of carbonyl (C=O) groups excluding carboxylic acids is 3. The van der Waals surface area contributed by atoms with Gasteiger partial charge in [-0.3, -0.25) is 24.8 Å². The zero-order chi connectivity index (χ0) is 19.0. The van der Waals surface area contributed by atoms with Gasteiger partial charge in [0.05, 0.1) is 6.54 Å². The van der Waals surface area contributed by atoms with Crippen molar-refractivity contribution in [2.45, 2.75) is 39.2 Å². The van der Waals surface area contributed by atoms with Crippen LogP contribution in [0.4, 0.5) is 18.0 Å². The van der Waals surface area contributed by atoms with Gasteiger partial charge in [0.25, 0.3) is 11.6 Å². The first kappa shape index (κ1) is 18.7. The number of alkyl halides is 3. The van der Waals surface area contributed by atoms with Gasteiger partial charge in [-0.1, -0.05) is 26.8 Å². The minimum Gasteiger partial charge on any atom is -0.317 e. The molecule has 0 aromatic carbocycles. The zero-order valence-electron chi connectivity index (χ0n) is 13.8. The summed E-state index contributed by atoms with van der Waals surface area (Å²) in [6.07, 6.45) is -2.45. The number of amides is 4. The van der Waals surface area contributed by atoms with Crippen molar-refractivity contribution >= 4 is 17.8 Å². The monoisotopic (exact) mass is 358 g/mol. The molecule has 1 aliphatic rings. The zero-order valence-corrected chi connectivity index (χ0v) is 13.8. The Bertz CT molecular complexity index is 700. The summed E-state index contributed by atoms with van der Waals surface area (Å²) >= 11 is 0. The molecule has 1 aliphatic heterocycles. The average molecular weight is 358 g/mol. The van der Waals surface area contributed by atoms with Crippen LogP contribution in [0.15, 0.2) is 24.5 Å². The average Bonchev–Trinajstić information content (AvgIpc) is 2.72. The van der Waals surface area contributed by atoms with Gasteiger partial charge in [0.15, 0.2) is 0 Å². The lowest BCUT2D eigenvalue weighted by Crippen LogP contribution is -2.70. The normalized spacial score (nSPS) is 21.3. The van der Waals surface area contributed by atoms with Gasteiger partial charge in [0.2, 0.25) is 5.91 Å². The summed E-state index contributed by atoms with van der Waals surface area (Å²) in [5, 5.41) is 3.26. The van der Waals surface area contributed by atoms with E-state index in [9.17, 15) is 27.6 Å². The quantitative estimate of drug-likeness (QED) is 0.802. The summed E-state index contributed by atoms with van der Waals surface area (Å²) in [6, 6.07) is 1.78. The van der Waals surface area contributed by atoms with Crippen LogP contribution in [-0.2, 0) is 16.1 Å². The molecule has 0 spiro atoms. The number of imide groups is 1. The van der Waals surface area contributed by atoms with Crippen LogP contribution in [0.5, 0.6) is 0 Å². The Labute approximate surface area is 141 Å². The molecule has 2 heterocycles. The molecule has 2 rings (SSSR count). The van der Waals surface area contributed by atoms with Crippen molar-refractivity contribution in [1.29, 1.82) is 0 Å². The summed E-state index contributed by atoms with van der Waals surface area (Å²) in [6.45, 7) is 3.77. The molecule has 0 aliphatic carbocycles. The highest BCUT2D eigenvalue weighted by atomic mass is 19.4. The fourth-order valence-electron chi connectivity index (χ4n) is 2.10. The van der Waals surface area contributed by atoms with E-state index < -0.39 is 41.6 Å². The summed E-state index contributed by atoms with van der Waals surface area (Å²) in [4.78, 5) is 40.7. The third-order valence-corrected chi connectivity index (χ3v) is 3.58. The SMILES string of the molecule is CC(C)(C)C(=O)N[C@@]1(C(F)(F)F)NC(=O)N(Cc2cccnc2)C1=O. The predicted molar refractivity (Wildman–Crippen MR) is 79.7 cm³/mol. The van der Waals surface area contributed by atoms with Gasteiger partial charge in [-0.15, -0.1) is 0 Å². The van der Waals surface area contributed by atoms with Crippen molar-refractivity contribution in [2.24, 2.45) is 5.41 Å². The van der Waals surface area contributed by atoms with Crippen molar-refractivity contribution in [3.8, 4) is 0 Å². The molecule has 1 fully saturated rings. The summed E-state index contributed by atoms with van der Waals surface area (Å²) in [7, 11) is 0. The second-order valence-electron chi connectivity index (χ2n) is 6.63. The number of hydrogen-bond donors (Lipinski definition) is 2. The van der Waals surface area contributed by atoms with Crippen molar-refractivity contribution in [2.75, 3.05) is 0 Å². The van der Waals surface area contributed by atoms with E-state index in [2.05, 4.69) is 4.98 Å². The van der Waals surface area contributed by atoms with Crippen LogP contribution in [-0.4, -0.2) is 39.6 Å². The number of nitrogens with one attached hydrogen (secondary N) is 2. The third-order valence-electron chi connectivity index (χ3n) is 3.58. The molecule has 136 valence electrons. The predicted octanol–water partition coefficient (Wildman–Crippen LogP) is 1.55. The highest BCUT2D eigenvalue weighted by molar-refractivity contribution is 6.09. The van der Waals surface area contributed by atoms with E-state index in [1.54, 1.807) is 10.6 Å². The van der Waals surface area contributed by atoms with Crippen molar-refractivity contribution < 1.29 is 27.6 Å². The number of halogens is 3. The van der Waals surface area contributed by atoms with Crippen LogP contribution in [0, 0.1) is 5.41 Å². The molecule has 0 bridgehead atoms. The molecule has 7 nitrogen and oxygen atoms in total. The minimum absolute atomic E-state index is 0.367. The van der Waals surface area contributed by atoms with Crippen molar-refractivity contribution in [1.82, 2.24) is 20.5 Å². The summed E-state index contributed by atoms with van der Waals surface area (Å²) < 4.78 is 40.8. The third kappa shape index (κ3) is 3.42. The van der Waals surface area contributed by atoms with Gasteiger partial charge in [-0.25, -0.2) is 4.79 Å². The van der Waals surface area contributed by atoms with Crippen LogP contribution in [0.1, 0.15) is 26.3 Å². The number of aromatic nitrogens is 1. The maximum Gasteiger partial charge on any atom is 0.440 e.